The number of carbonyl (C=O) groups is 2. The van der Waals surface area contributed by atoms with Gasteiger partial charge in [0.15, 0.2) is 0 Å². The first-order chi connectivity index (χ1) is 11.5. The fourth-order valence-corrected chi connectivity index (χ4v) is 3.73. The summed E-state index contributed by atoms with van der Waals surface area (Å²) in [4.78, 5) is 26.1. The van der Waals surface area contributed by atoms with E-state index in [0.29, 0.717) is 12.1 Å². The molecule has 1 aromatic rings. The maximum absolute atomic E-state index is 12.4. The summed E-state index contributed by atoms with van der Waals surface area (Å²) in [5, 5.41) is 8.98. The number of aryl methyl sites for hydroxylation is 1. The summed E-state index contributed by atoms with van der Waals surface area (Å²) < 4.78 is 0. The summed E-state index contributed by atoms with van der Waals surface area (Å²) in [6.45, 7) is 1.99. The van der Waals surface area contributed by atoms with Gasteiger partial charge < -0.3 is 20.9 Å². The highest BCUT2D eigenvalue weighted by atomic mass is 16.2. The van der Waals surface area contributed by atoms with Gasteiger partial charge in [0.2, 0.25) is 5.91 Å². The fraction of sp³-hybridized carbons (Fsp3) is 0.556. The molecule has 2 atom stereocenters. The van der Waals surface area contributed by atoms with Crippen LogP contribution in [0.3, 0.4) is 0 Å². The molecule has 0 saturated carbocycles. The Labute approximate surface area is 143 Å². The molecule has 2 aliphatic rings. The van der Waals surface area contributed by atoms with Crippen LogP contribution in [0, 0.1) is 6.92 Å². The lowest BCUT2D eigenvalue weighted by Gasteiger charge is -2.35. The lowest BCUT2D eigenvalue weighted by atomic mass is 9.98. The molecule has 2 saturated heterocycles. The Hall–Kier alpha value is -2.08. The molecule has 0 radical (unpaired) electrons. The number of nitrogens with one attached hydrogen (secondary N) is 3. The Balaban J connectivity index is 1.45. The third kappa shape index (κ3) is 4.06. The minimum atomic E-state index is -0.354. The van der Waals surface area contributed by atoms with Gasteiger partial charge in [-0.2, -0.15) is 0 Å². The first-order valence-corrected chi connectivity index (χ1v) is 8.64. The van der Waals surface area contributed by atoms with Crippen molar-refractivity contribution in [2.45, 2.75) is 50.7 Å². The highest BCUT2D eigenvalue weighted by molar-refractivity contribution is 5.92. The maximum Gasteiger partial charge on any atom is 0.319 e. The normalized spacial score (nSPS) is 25.2. The van der Waals surface area contributed by atoms with Crippen LogP contribution in [-0.2, 0) is 4.79 Å². The zero-order valence-corrected chi connectivity index (χ0v) is 14.3. The molecule has 2 aliphatic heterocycles. The average molecular weight is 330 g/mol. The number of benzene rings is 1. The smallest absolute Gasteiger partial charge is 0.319 e. The van der Waals surface area contributed by atoms with Crippen LogP contribution in [-0.4, -0.2) is 48.6 Å². The van der Waals surface area contributed by atoms with E-state index < -0.39 is 0 Å². The predicted molar refractivity (Wildman–Crippen MR) is 93.9 cm³/mol. The Bertz CT molecular complexity index is 607. The third-order valence-corrected chi connectivity index (χ3v) is 5.07. The standard InChI is InChI=1S/C18H26N4O2/c1-12-4-3-5-13(8-12)21-18(24)19-11-17(23)22(2)16-9-14-6-7-15(10-16)20-14/h3-5,8,14-16,20H,6-7,9-11H2,1-2H3,(H2,19,21,24). The van der Waals surface area contributed by atoms with Gasteiger partial charge in [0, 0.05) is 30.9 Å². The van der Waals surface area contributed by atoms with Gasteiger partial charge in [-0.1, -0.05) is 12.1 Å². The number of rotatable bonds is 4. The van der Waals surface area contributed by atoms with Gasteiger partial charge in [0.1, 0.15) is 0 Å². The van der Waals surface area contributed by atoms with E-state index in [2.05, 4.69) is 16.0 Å². The number of anilines is 1. The lowest BCUT2D eigenvalue weighted by molar-refractivity contribution is -0.131. The van der Waals surface area contributed by atoms with E-state index in [-0.39, 0.29) is 24.5 Å². The van der Waals surface area contributed by atoms with Crippen molar-refractivity contribution < 1.29 is 9.59 Å². The second-order valence-electron chi connectivity index (χ2n) is 6.94. The van der Waals surface area contributed by atoms with Gasteiger partial charge in [-0.3, -0.25) is 4.79 Å². The number of piperidine rings is 1. The first-order valence-electron chi connectivity index (χ1n) is 8.64. The van der Waals surface area contributed by atoms with Gasteiger partial charge >= 0.3 is 6.03 Å². The molecule has 3 N–H and O–H groups in total. The Kier molecular flexibility index (Phi) is 5.04. The van der Waals surface area contributed by atoms with E-state index in [0.717, 1.165) is 24.1 Å². The molecule has 0 spiro atoms. The molecule has 130 valence electrons. The van der Waals surface area contributed by atoms with Crippen molar-refractivity contribution in [3.05, 3.63) is 29.8 Å². The number of hydrogen-bond donors (Lipinski definition) is 3. The molecule has 2 bridgehead atoms. The van der Waals surface area contributed by atoms with Crippen LogP contribution in [0.15, 0.2) is 24.3 Å². The van der Waals surface area contributed by atoms with Crippen LogP contribution >= 0.6 is 0 Å². The molecular weight excluding hydrogens is 304 g/mol. The molecule has 2 heterocycles. The Morgan fingerprint density at radius 3 is 2.62 bits per heavy atom. The summed E-state index contributed by atoms with van der Waals surface area (Å²) in [6, 6.07) is 8.57. The number of carbonyl (C=O) groups excluding carboxylic acids is 2. The van der Waals surface area contributed by atoms with Crippen LogP contribution in [0.1, 0.15) is 31.2 Å². The Morgan fingerprint density at radius 1 is 1.25 bits per heavy atom. The number of likely N-dealkylation sites (N-methyl/N-ethyl adjacent to an activating group) is 1. The number of urea groups is 1. The summed E-state index contributed by atoms with van der Waals surface area (Å²) in [7, 11) is 1.85. The summed E-state index contributed by atoms with van der Waals surface area (Å²) in [5.74, 6) is -0.0410. The van der Waals surface area contributed by atoms with Crippen LogP contribution < -0.4 is 16.0 Å². The number of nitrogens with zero attached hydrogens (tertiary/aromatic N) is 1. The van der Waals surface area contributed by atoms with Crippen LogP contribution in [0.2, 0.25) is 0 Å². The van der Waals surface area contributed by atoms with E-state index in [9.17, 15) is 9.59 Å². The Morgan fingerprint density at radius 2 is 1.96 bits per heavy atom. The topological polar surface area (TPSA) is 73.5 Å². The molecule has 1 aromatic carbocycles. The molecule has 0 aromatic heterocycles. The minimum Gasteiger partial charge on any atom is -0.341 e. The van der Waals surface area contributed by atoms with Crippen molar-refractivity contribution in [3.63, 3.8) is 0 Å². The molecule has 24 heavy (non-hydrogen) atoms. The van der Waals surface area contributed by atoms with E-state index in [1.54, 1.807) is 4.90 Å². The van der Waals surface area contributed by atoms with E-state index in [1.807, 2.05) is 38.2 Å². The van der Waals surface area contributed by atoms with Crippen molar-refractivity contribution in [2.75, 3.05) is 18.9 Å². The summed E-state index contributed by atoms with van der Waals surface area (Å²) >= 11 is 0. The summed E-state index contributed by atoms with van der Waals surface area (Å²) in [6.07, 6.45) is 4.43. The summed E-state index contributed by atoms with van der Waals surface area (Å²) in [5.41, 5.74) is 1.80. The van der Waals surface area contributed by atoms with E-state index >= 15 is 0 Å². The zero-order valence-electron chi connectivity index (χ0n) is 14.3. The predicted octanol–water partition coefficient (Wildman–Crippen LogP) is 1.86. The molecule has 0 aliphatic carbocycles. The monoisotopic (exact) mass is 330 g/mol. The average Bonchev–Trinajstić information content (AvgIpc) is 2.90. The lowest BCUT2D eigenvalue weighted by Crippen LogP contribution is -2.51. The van der Waals surface area contributed by atoms with Crippen LogP contribution in [0.4, 0.5) is 10.5 Å². The van der Waals surface area contributed by atoms with Crippen molar-refractivity contribution in [1.82, 2.24) is 15.5 Å². The third-order valence-electron chi connectivity index (χ3n) is 5.07. The number of fused-ring (bicyclic) bond motifs is 2. The van der Waals surface area contributed by atoms with Crippen molar-refractivity contribution in [1.29, 1.82) is 0 Å². The van der Waals surface area contributed by atoms with Crippen molar-refractivity contribution >= 4 is 17.6 Å². The van der Waals surface area contributed by atoms with Crippen LogP contribution in [0.25, 0.3) is 0 Å². The number of hydrogen-bond acceptors (Lipinski definition) is 3. The quantitative estimate of drug-likeness (QED) is 0.789. The SMILES string of the molecule is Cc1cccc(NC(=O)NCC(=O)N(C)C2CC3CCC(C2)N3)c1. The molecule has 6 heteroatoms. The zero-order chi connectivity index (χ0) is 17.1. The second kappa shape index (κ2) is 7.21. The first kappa shape index (κ1) is 16.8. The van der Waals surface area contributed by atoms with Crippen molar-refractivity contribution in [3.8, 4) is 0 Å². The molecule has 6 nitrogen and oxygen atoms in total. The number of amides is 3. The molecule has 3 amide bonds. The maximum atomic E-state index is 12.4. The van der Waals surface area contributed by atoms with Gasteiger partial charge in [-0.05, 0) is 50.3 Å². The molecule has 3 rings (SSSR count). The highest BCUT2D eigenvalue weighted by Gasteiger charge is 2.36. The van der Waals surface area contributed by atoms with Crippen LogP contribution in [0.5, 0.6) is 0 Å². The van der Waals surface area contributed by atoms with Crippen molar-refractivity contribution in [2.24, 2.45) is 0 Å². The molecule has 2 unspecified atom stereocenters. The molecular formula is C18H26N4O2. The fourth-order valence-electron chi connectivity index (χ4n) is 3.73. The highest BCUT2D eigenvalue weighted by Crippen LogP contribution is 2.29. The van der Waals surface area contributed by atoms with Gasteiger partial charge in [0.05, 0.1) is 6.54 Å². The minimum absolute atomic E-state index is 0.0212. The van der Waals surface area contributed by atoms with Gasteiger partial charge in [-0.25, -0.2) is 4.79 Å². The van der Waals surface area contributed by atoms with E-state index in [4.69, 9.17) is 0 Å². The van der Waals surface area contributed by atoms with Gasteiger partial charge in [0.25, 0.3) is 0 Å². The molecule has 2 fully saturated rings. The van der Waals surface area contributed by atoms with E-state index in [1.165, 1.54) is 12.8 Å². The van der Waals surface area contributed by atoms with Gasteiger partial charge in [-0.15, -0.1) is 0 Å². The largest absolute Gasteiger partial charge is 0.341 e. The second-order valence-corrected chi connectivity index (χ2v) is 6.94.